The van der Waals surface area contributed by atoms with E-state index in [1.165, 1.54) is 4.88 Å². The van der Waals surface area contributed by atoms with Crippen molar-refractivity contribution < 1.29 is 14.3 Å². The second kappa shape index (κ2) is 10.1. The summed E-state index contributed by atoms with van der Waals surface area (Å²) in [5.74, 6) is 2.19. The van der Waals surface area contributed by atoms with Gasteiger partial charge in [0.1, 0.15) is 35.1 Å². The molecule has 0 aliphatic carbocycles. The van der Waals surface area contributed by atoms with Crippen LogP contribution in [0.4, 0.5) is 5.82 Å². The molecule has 2 N–H and O–H groups in total. The van der Waals surface area contributed by atoms with E-state index in [9.17, 15) is 4.79 Å². The summed E-state index contributed by atoms with van der Waals surface area (Å²) in [6.45, 7) is 3.47. The third-order valence-electron chi connectivity index (χ3n) is 4.84. The minimum Gasteiger partial charge on any atom is -0.497 e. The minimum absolute atomic E-state index is 0.130. The molecular weight excluding hydrogens is 424 g/mol. The standard InChI is InChI=1S/C24H24N4O3S/c1-16-13-21-22(27-15-28-24(21)32-16)26-14-17-3-5-18(6-4-17)23(29)25-11-12-31-20-9-7-19(30-2)8-10-20/h3-10,13,15H,11-12,14H2,1-2H3,(H,25,29)(H,26,27,28). The van der Waals surface area contributed by atoms with Crippen molar-refractivity contribution in [3.8, 4) is 11.5 Å². The fraction of sp³-hybridized carbons (Fsp3) is 0.208. The third-order valence-corrected chi connectivity index (χ3v) is 5.80. The number of hydrogen-bond donors (Lipinski definition) is 2. The number of aryl methyl sites for hydroxylation is 1. The maximum atomic E-state index is 12.4. The predicted molar refractivity (Wildman–Crippen MR) is 127 cm³/mol. The summed E-state index contributed by atoms with van der Waals surface area (Å²) in [5, 5.41) is 7.26. The van der Waals surface area contributed by atoms with Gasteiger partial charge in [0.2, 0.25) is 0 Å². The number of ether oxygens (including phenoxy) is 2. The summed E-state index contributed by atoms with van der Waals surface area (Å²) in [4.78, 5) is 23.2. The van der Waals surface area contributed by atoms with E-state index in [2.05, 4.69) is 33.6 Å². The lowest BCUT2D eigenvalue weighted by molar-refractivity contribution is 0.0947. The summed E-state index contributed by atoms with van der Waals surface area (Å²) >= 11 is 1.65. The van der Waals surface area contributed by atoms with Crippen molar-refractivity contribution in [2.45, 2.75) is 13.5 Å². The lowest BCUT2D eigenvalue weighted by Crippen LogP contribution is -2.28. The van der Waals surface area contributed by atoms with E-state index >= 15 is 0 Å². The van der Waals surface area contributed by atoms with Gasteiger partial charge in [-0.1, -0.05) is 12.1 Å². The number of nitrogens with zero attached hydrogens (tertiary/aromatic N) is 2. The fourth-order valence-corrected chi connectivity index (χ4v) is 4.03. The van der Waals surface area contributed by atoms with Gasteiger partial charge in [0, 0.05) is 17.0 Å². The van der Waals surface area contributed by atoms with E-state index < -0.39 is 0 Å². The molecule has 8 heteroatoms. The lowest BCUT2D eigenvalue weighted by Gasteiger charge is -2.09. The zero-order valence-electron chi connectivity index (χ0n) is 17.9. The van der Waals surface area contributed by atoms with Crippen LogP contribution < -0.4 is 20.1 Å². The van der Waals surface area contributed by atoms with Crippen LogP contribution in [0.5, 0.6) is 11.5 Å². The van der Waals surface area contributed by atoms with Crippen molar-refractivity contribution in [3.63, 3.8) is 0 Å². The minimum atomic E-state index is -0.130. The maximum Gasteiger partial charge on any atom is 0.251 e. The third kappa shape index (κ3) is 5.33. The largest absolute Gasteiger partial charge is 0.497 e. The van der Waals surface area contributed by atoms with Crippen molar-refractivity contribution in [3.05, 3.63) is 76.9 Å². The Kier molecular flexibility index (Phi) is 6.81. The van der Waals surface area contributed by atoms with Crippen molar-refractivity contribution in [1.82, 2.24) is 15.3 Å². The van der Waals surface area contributed by atoms with Crippen LogP contribution >= 0.6 is 11.3 Å². The molecular formula is C24H24N4O3S. The summed E-state index contributed by atoms with van der Waals surface area (Å²) < 4.78 is 10.7. The first kappa shape index (κ1) is 21.6. The van der Waals surface area contributed by atoms with Gasteiger partial charge in [0.15, 0.2) is 0 Å². The highest BCUT2D eigenvalue weighted by Crippen LogP contribution is 2.27. The number of hydrogen-bond acceptors (Lipinski definition) is 7. The van der Waals surface area contributed by atoms with Gasteiger partial charge < -0.3 is 20.1 Å². The Morgan fingerprint density at radius 3 is 2.53 bits per heavy atom. The molecule has 0 bridgehead atoms. The van der Waals surface area contributed by atoms with Crippen molar-refractivity contribution in [2.75, 3.05) is 25.6 Å². The number of carbonyl (C=O) groups excluding carboxylic acids is 1. The molecule has 4 aromatic rings. The topological polar surface area (TPSA) is 85.4 Å². The van der Waals surface area contributed by atoms with Crippen LogP contribution in [0, 0.1) is 6.92 Å². The highest BCUT2D eigenvalue weighted by atomic mass is 32.1. The number of benzene rings is 2. The summed E-state index contributed by atoms with van der Waals surface area (Å²) in [5.41, 5.74) is 1.67. The molecule has 0 atom stereocenters. The molecule has 0 unspecified atom stereocenters. The molecule has 2 heterocycles. The van der Waals surface area contributed by atoms with Crippen LogP contribution in [0.1, 0.15) is 20.8 Å². The van der Waals surface area contributed by atoms with E-state index in [0.717, 1.165) is 33.1 Å². The van der Waals surface area contributed by atoms with Gasteiger partial charge in [-0.2, -0.15) is 0 Å². The van der Waals surface area contributed by atoms with Gasteiger partial charge in [0.25, 0.3) is 5.91 Å². The molecule has 0 spiro atoms. The number of methoxy groups -OCH3 is 1. The maximum absolute atomic E-state index is 12.4. The smallest absolute Gasteiger partial charge is 0.251 e. The van der Waals surface area contributed by atoms with E-state index in [0.29, 0.717) is 25.3 Å². The number of nitrogens with one attached hydrogen (secondary N) is 2. The zero-order chi connectivity index (χ0) is 22.3. The molecule has 0 saturated carbocycles. The number of amides is 1. The predicted octanol–water partition coefficient (Wildman–Crippen LogP) is 4.43. The van der Waals surface area contributed by atoms with Gasteiger partial charge in [-0.25, -0.2) is 9.97 Å². The van der Waals surface area contributed by atoms with Gasteiger partial charge in [-0.05, 0) is 55.0 Å². The summed E-state index contributed by atoms with van der Waals surface area (Å²) in [7, 11) is 1.62. The Bertz CT molecular complexity index is 1190. The Morgan fingerprint density at radius 2 is 1.78 bits per heavy atom. The molecule has 0 saturated heterocycles. The van der Waals surface area contributed by atoms with Crippen LogP contribution in [0.2, 0.25) is 0 Å². The van der Waals surface area contributed by atoms with E-state index in [1.807, 2.05) is 48.5 Å². The van der Waals surface area contributed by atoms with Crippen molar-refractivity contribution in [1.29, 1.82) is 0 Å². The second-order valence-electron chi connectivity index (χ2n) is 7.13. The second-order valence-corrected chi connectivity index (χ2v) is 8.36. The Balaban J connectivity index is 1.25. The van der Waals surface area contributed by atoms with E-state index in [-0.39, 0.29) is 5.91 Å². The normalized spacial score (nSPS) is 10.7. The molecule has 0 radical (unpaired) electrons. The Morgan fingerprint density at radius 1 is 1.03 bits per heavy atom. The van der Waals surface area contributed by atoms with Gasteiger partial charge >= 0.3 is 0 Å². The number of anilines is 1. The van der Waals surface area contributed by atoms with Crippen LogP contribution in [0.15, 0.2) is 60.9 Å². The number of aromatic nitrogens is 2. The lowest BCUT2D eigenvalue weighted by atomic mass is 10.1. The number of carbonyl (C=O) groups is 1. The first-order valence-electron chi connectivity index (χ1n) is 10.2. The Hall–Kier alpha value is -3.65. The molecule has 0 fully saturated rings. The molecule has 2 aromatic heterocycles. The number of fused-ring (bicyclic) bond motifs is 1. The highest BCUT2D eigenvalue weighted by molar-refractivity contribution is 7.18. The van der Waals surface area contributed by atoms with E-state index in [1.54, 1.807) is 24.8 Å². The first-order valence-corrected chi connectivity index (χ1v) is 11.0. The molecule has 32 heavy (non-hydrogen) atoms. The summed E-state index contributed by atoms with van der Waals surface area (Å²) in [6.07, 6.45) is 1.58. The van der Waals surface area contributed by atoms with Crippen LogP contribution in [-0.2, 0) is 6.54 Å². The van der Waals surface area contributed by atoms with Crippen LogP contribution in [0.3, 0.4) is 0 Å². The quantitative estimate of drug-likeness (QED) is 0.369. The average Bonchev–Trinajstić information content (AvgIpc) is 3.22. The number of rotatable bonds is 9. The fourth-order valence-electron chi connectivity index (χ4n) is 3.18. The van der Waals surface area contributed by atoms with Crippen molar-refractivity contribution >= 4 is 33.3 Å². The average molecular weight is 449 g/mol. The highest BCUT2D eigenvalue weighted by Gasteiger charge is 2.08. The van der Waals surface area contributed by atoms with Crippen LogP contribution in [0.25, 0.3) is 10.2 Å². The summed E-state index contributed by atoms with van der Waals surface area (Å²) in [6, 6.07) is 16.9. The van der Waals surface area contributed by atoms with E-state index in [4.69, 9.17) is 9.47 Å². The molecule has 7 nitrogen and oxygen atoms in total. The first-order chi connectivity index (χ1) is 15.6. The molecule has 164 valence electrons. The zero-order valence-corrected chi connectivity index (χ0v) is 18.7. The van der Waals surface area contributed by atoms with Gasteiger partial charge in [-0.3, -0.25) is 4.79 Å². The van der Waals surface area contributed by atoms with Crippen molar-refractivity contribution in [2.24, 2.45) is 0 Å². The molecule has 4 rings (SSSR count). The molecule has 1 amide bonds. The molecule has 0 aliphatic rings. The van der Waals surface area contributed by atoms with Gasteiger partial charge in [0.05, 0.1) is 19.0 Å². The number of thiophene rings is 1. The monoisotopic (exact) mass is 448 g/mol. The molecule has 2 aromatic carbocycles. The molecule has 0 aliphatic heterocycles. The van der Waals surface area contributed by atoms with Crippen LogP contribution in [-0.4, -0.2) is 36.1 Å². The Labute approximate surface area is 190 Å². The van der Waals surface area contributed by atoms with Gasteiger partial charge in [-0.15, -0.1) is 11.3 Å². The SMILES string of the molecule is COc1ccc(OCCNC(=O)c2ccc(CNc3ncnc4sc(C)cc34)cc2)cc1.